The molecule has 0 N–H and O–H groups in total. The van der Waals surface area contributed by atoms with Crippen molar-refractivity contribution in [2.24, 2.45) is 0 Å². The van der Waals surface area contributed by atoms with Crippen LogP contribution in [0, 0.1) is 11.6 Å². The summed E-state index contributed by atoms with van der Waals surface area (Å²) in [7, 11) is 0. The van der Waals surface area contributed by atoms with Gasteiger partial charge in [-0.3, -0.25) is 4.79 Å². The fourth-order valence-electron chi connectivity index (χ4n) is 1.81. The van der Waals surface area contributed by atoms with Gasteiger partial charge in [-0.2, -0.15) is 0 Å². The Morgan fingerprint density at radius 1 is 1.42 bits per heavy atom. The molecule has 0 spiro atoms. The van der Waals surface area contributed by atoms with Gasteiger partial charge in [0, 0.05) is 19.1 Å². The SMILES string of the molecule is CCCOC1C(=O)CC1Oc1c(F)cc(F)cc1Br. The Hall–Kier alpha value is -1.01. The number of carbonyl (C=O) groups excluding carboxylic acids is 1. The molecule has 0 bridgehead atoms. The molecule has 3 nitrogen and oxygen atoms in total. The van der Waals surface area contributed by atoms with Crippen molar-refractivity contribution < 1.29 is 23.0 Å². The van der Waals surface area contributed by atoms with Crippen LogP contribution in [-0.4, -0.2) is 24.6 Å². The van der Waals surface area contributed by atoms with E-state index in [4.69, 9.17) is 9.47 Å². The lowest BCUT2D eigenvalue weighted by atomic mass is 9.90. The highest BCUT2D eigenvalue weighted by Gasteiger charge is 2.43. The summed E-state index contributed by atoms with van der Waals surface area (Å²) in [5, 5.41) is 0. The number of carbonyl (C=O) groups is 1. The average Bonchev–Trinajstić information content (AvgIpc) is 2.32. The molecular formula is C13H13BrF2O3. The summed E-state index contributed by atoms with van der Waals surface area (Å²) in [5.41, 5.74) is 0. The number of rotatable bonds is 5. The van der Waals surface area contributed by atoms with Gasteiger partial charge in [-0.05, 0) is 28.4 Å². The van der Waals surface area contributed by atoms with E-state index < -0.39 is 23.8 Å². The van der Waals surface area contributed by atoms with Gasteiger partial charge in [0.25, 0.3) is 0 Å². The normalized spacial score (nSPS) is 22.2. The maximum absolute atomic E-state index is 13.6. The molecular weight excluding hydrogens is 322 g/mol. The predicted octanol–water partition coefficient (Wildman–Crippen LogP) is 3.24. The number of ketones is 1. The van der Waals surface area contributed by atoms with Gasteiger partial charge >= 0.3 is 0 Å². The molecule has 0 saturated heterocycles. The molecule has 0 amide bonds. The second kappa shape index (κ2) is 5.96. The molecule has 0 aliphatic heterocycles. The van der Waals surface area contributed by atoms with Gasteiger partial charge in [0.1, 0.15) is 11.9 Å². The van der Waals surface area contributed by atoms with Crippen LogP contribution in [0.4, 0.5) is 8.78 Å². The van der Waals surface area contributed by atoms with Crippen LogP contribution in [0.2, 0.25) is 0 Å². The molecule has 2 rings (SSSR count). The zero-order valence-electron chi connectivity index (χ0n) is 10.3. The van der Waals surface area contributed by atoms with Crippen molar-refractivity contribution in [2.45, 2.75) is 32.0 Å². The van der Waals surface area contributed by atoms with Gasteiger partial charge in [-0.15, -0.1) is 0 Å². The van der Waals surface area contributed by atoms with Crippen LogP contribution in [0.1, 0.15) is 19.8 Å². The number of ether oxygens (including phenoxy) is 2. The van der Waals surface area contributed by atoms with Gasteiger partial charge < -0.3 is 9.47 Å². The molecule has 1 aliphatic carbocycles. The van der Waals surface area contributed by atoms with Crippen molar-refractivity contribution in [1.29, 1.82) is 0 Å². The van der Waals surface area contributed by atoms with Crippen LogP contribution >= 0.6 is 15.9 Å². The van der Waals surface area contributed by atoms with Gasteiger partial charge in [-0.1, -0.05) is 6.92 Å². The van der Waals surface area contributed by atoms with Crippen molar-refractivity contribution in [3.63, 3.8) is 0 Å². The van der Waals surface area contributed by atoms with E-state index in [1.165, 1.54) is 0 Å². The number of hydrogen-bond donors (Lipinski definition) is 0. The number of halogens is 3. The molecule has 6 heteroatoms. The molecule has 0 aromatic heterocycles. The van der Waals surface area contributed by atoms with Crippen molar-refractivity contribution in [2.75, 3.05) is 6.61 Å². The Morgan fingerprint density at radius 2 is 2.16 bits per heavy atom. The summed E-state index contributed by atoms with van der Waals surface area (Å²) in [6, 6.07) is 1.85. The van der Waals surface area contributed by atoms with E-state index in [1.807, 2.05) is 6.92 Å². The summed E-state index contributed by atoms with van der Waals surface area (Å²) < 4.78 is 37.5. The molecule has 104 valence electrons. The maximum atomic E-state index is 13.6. The van der Waals surface area contributed by atoms with E-state index in [0.717, 1.165) is 18.6 Å². The number of hydrogen-bond acceptors (Lipinski definition) is 3. The fourth-order valence-corrected chi connectivity index (χ4v) is 2.31. The Bertz CT molecular complexity index is 470. The highest BCUT2D eigenvalue weighted by Crippen LogP contribution is 2.33. The van der Waals surface area contributed by atoms with Crippen LogP contribution in [0.15, 0.2) is 16.6 Å². The zero-order chi connectivity index (χ0) is 14.0. The largest absolute Gasteiger partial charge is 0.482 e. The minimum absolute atomic E-state index is 0.0582. The summed E-state index contributed by atoms with van der Waals surface area (Å²) in [4.78, 5) is 11.4. The van der Waals surface area contributed by atoms with E-state index in [1.54, 1.807) is 0 Å². The standard InChI is InChI=1S/C13H13BrF2O3/c1-2-3-18-13-10(17)6-11(13)19-12-8(14)4-7(15)5-9(12)16/h4-5,11,13H,2-3,6H2,1H3. The van der Waals surface area contributed by atoms with Crippen molar-refractivity contribution in [1.82, 2.24) is 0 Å². The molecule has 1 aromatic rings. The third kappa shape index (κ3) is 3.12. The van der Waals surface area contributed by atoms with E-state index in [9.17, 15) is 13.6 Å². The second-order valence-corrected chi connectivity index (χ2v) is 5.17. The topological polar surface area (TPSA) is 35.5 Å². The zero-order valence-corrected chi connectivity index (χ0v) is 11.9. The number of Topliss-reactive ketones (excluding diaryl/α,β-unsaturated/α-hetero) is 1. The van der Waals surface area contributed by atoms with Crippen molar-refractivity contribution in [3.05, 3.63) is 28.2 Å². The van der Waals surface area contributed by atoms with Gasteiger partial charge in [0.05, 0.1) is 4.47 Å². The minimum atomic E-state index is -0.805. The molecule has 2 atom stereocenters. The molecule has 1 aliphatic rings. The summed E-state index contributed by atoms with van der Waals surface area (Å²) >= 11 is 3.04. The van der Waals surface area contributed by atoms with Crippen LogP contribution in [0.3, 0.4) is 0 Å². The molecule has 0 heterocycles. The van der Waals surface area contributed by atoms with Gasteiger partial charge in [0.2, 0.25) is 0 Å². The van der Waals surface area contributed by atoms with E-state index in [-0.39, 0.29) is 22.4 Å². The van der Waals surface area contributed by atoms with E-state index in [0.29, 0.717) is 6.61 Å². The van der Waals surface area contributed by atoms with Crippen LogP contribution in [0.25, 0.3) is 0 Å². The highest BCUT2D eigenvalue weighted by molar-refractivity contribution is 9.10. The highest BCUT2D eigenvalue weighted by atomic mass is 79.9. The third-order valence-corrected chi connectivity index (χ3v) is 3.38. The lowest BCUT2D eigenvalue weighted by Gasteiger charge is -2.34. The van der Waals surface area contributed by atoms with E-state index >= 15 is 0 Å². The molecule has 19 heavy (non-hydrogen) atoms. The van der Waals surface area contributed by atoms with Gasteiger partial charge in [-0.25, -0.2) is 8.78 Å². The minimum Gasteiger partial charge on any atom is -0.482 e. The summed E-state index contributed by atoms with van der Waals surface area (Å²) in [6.45, 7) is 2.37. The first-order valence-corrected chi connectivity index (χ1v) is 6.77. The Balaban J connectivity index is 2.07. The third-order valence-electron chi connectivity index (χ3n) is 2.79. The van der Waals surface area contributed by atoms with Crippen LogP contribution in [0.5, 0.6) is 5.75 Å². The molecule has 1 saturated carbocycles. The van der Waals surface area contributed by atoms with E-state index in [2.05, 4.69) is 15.9 Å². The Morgan fingerprint density at radius 3 is 2.74 bits per heavy atom. The summed E-state index contributed by atoms with van der Waals surface area (Å²) in [6.07, 6.45) is -0.213. The first kappa shape index (κ1) is 14.4. The lowest BCUT2D eigenvalue weighted by Crippen LogP contribution is -2.52. The fraction of sp³-hybridized carbons (Fsp3) is 0.462. The first-order chi connectivity index (χ1) is 9.02. The number of benzene rings is 1. The maximum Gasteiger partial charge on any atom is 0.169 e. The molecule has 2 unspecified atom stereocenters. The van der Waals surface area contributed by atoms with Crippen molar-refractivity contribution >= 4 is 21.7 Å². The van der Waals surface area contributed by atoms with Crippen LogP contribution < -0.4 is 4.74 Å². The van der Waals surface area contributed by atoms with Crippen LogP contribution in [-0.2, 0) is 9.53 Å². The van der Waals surface area contributed by atoms with Gasteiger partial charge in [0.15, 0.2) is 23.5 Å². The summed E-state index contributed by atoms with van der Waals surface area (Å²) in [5.74, 6) is -1.65. The predicted molar refractivity (Wildman–Crippen MR) is 68.1 cm³/mol. The molecule has 1 aromatic carbocycles. The second-order valence-electron chi connectivity index (χ2n) is 4.32. The molecule has 1 fully saturated rings. The lowest BCUT2D eigenvalue weighted by molar-refractivity contribution is -0.155. The quantitative estimate of drug-likeness (QED) is 0.829. The van der Waals surface area contributed by atoms with Crippen molar-refractivity contribution in [3.8, 4) is 5.75 Å². The molecule has 0 radical (unpaired) electrons. The average molecular weight is 335 g/mol. The Labute approximate surface area is 118 Å². The smallest absolute Gasteiger partial charge is 0.169 e. The Kier molecular flexibility index (Phi) is 4.52. The monoisotopic (exact) mass is 334 g/mol. The first-order valence-electron chi connectivity index (χ1n) is 5.98.